The van der Waals surface area contributed by atoms with Crippen molar-refractivity contribution in [3.05, 3.63) is 36.2 Å². The smallest absolute Gasteiger partial charge is 0.234 e. The molecule has 0 spiro atoms. The second-order valence-electron chi connectivity index (χ2n) is 6.61. The van der Waals surface area contributed by atoms with Crippen molar-refractivity contribution in [2.45, 2.75) is 20.3 Å². The fourth-order valence-electron chi connectivity index (χ4n) is 2.86. The van der Waals surface area contributed by atoms with Crippen molar-refractivity contribution in [2.75, 3.05) is 18.5 Å². The summed E-state index contributed by atoms with van der Waals surface area (Å²) in [5.41, 5.74) is 2.33. The molecule has 3 heterocycles. The van der Waals surface area contributed by atoms with Gasteiger partial charge in [0.25, 0.3) is 0 Å². The first-order valence-corrected chi connectivity index (χ1v) is 8.95. The molecule has 1 unspecified atom stereocenters. The van der Waals surface area contributed by atoms with Crippen molar-refractivity contribution in [3.63, 3.8) is 0 Å². The van der Waals surface area contributed by atoms with Crippen LogP contribution in [0.4, 0.5) is 5.13 Å². The van der Waals surface area contributed by atoms with E-state index in [9.17, 15) is 4.79 Å². The lowest BCUT2D eigenvalue weighted by molar-refractivity contribution is -0.124. The highest BCUT2D eigenvalue weighted by molar-refractivity contribution is 7.19. The second-order valence-corrected chi connectivity index (χ2v) is 7.64. The molecule has 1 amide bonds. The first-order chi connectivity index (χ1) is 12.0. The van der Waals surface area contributed by atoms with Crippen molar-refractivity contribution in [2.24, 2.45) is 5.41 Å². The lowest BCUT2D eigenvalue weighted by atomic mass is 9.89. The van der Waals surface area contributed by atoms with Gasteiger partial charge in [-0.05, 0) is 44.0 Å². The van der Waals surface area contributed by atoms with Crippen LogP contribution in [0, 0.1) is 12.3 Å². The molecule has 1 saturated heterocycles. The minimum atomic E-state index is -0.467. The largest absolute Gasteiger partial charge is 0.380 e. The fourth-order valence-corrected chi connectivity index (χ4v) is 3.67. The van der Waals surface area contributed by atoms with Crippen LogP contribution in [0.2, 0.25) is 0 Å². The van der Waals surface area contributed by atoms with E-state index < -0.39 is 5.41 Å². The molecular formula is C18H18N4O2S. The number of carbonyl (C=O) groups excluding carboxylic acids is 1. The number of aromatic nitrogens is 3. The van der Waals surface area contributed by atoms with Gasteiger partial charge < -0.3 is 10.1 Å². The van der Waals surface area contributed by atoms with E-state index in [1.165, 1.54) is 11.3 Å². The van der Waals surface area contributed by atoms with E-state index in [0.717, 1.165) is 33.5 Å². The van der Waals surface area contributed by atoms with Crippen LogP contribution >= 0.6 is 11.3 Å². The maximum absolute atomic E-state index is 12.5. The predicted molar refractivity (Wildman–Crippen MR) is 97.6 cm³/mol. The fraction of sp³-hybridized carbons (Fsp3) is 0.333. The summed E-state index contributed by atoms with van der Waals surface area (Å²) < 4.78 is 5.36. The molecular weight excluding hydrogens is 336 g/mol. The van der Waals surface area contributed by atoms with Gasteiger partial charge in [-0.2, -0.15) is 10.2 Å². The molecule has 1 fully saturated rings. The summed E-state index contributed by atoms with van der Waals surface area (Å²) in [6.45, 7) is 4.94. The molecule has 0 bridgehead atoms. The average molecular weight is 354 g/mol. The highest BCUT2D eigenvalue weighted by atomic mass is 32.1. The molecule has 1 aliphatic rings. The van der Waals surface area contributed by atoms with E-state index in [4.69, 9.17) is 4.74 Å². The molecule has 1 aliphatic heterocycles. The molecule has 3 aromatic rings. The van der Waals surface area contributed by atoms with E-state index in [-0.39, 0.29) is 5.91 Å². The molecule has 4 rings (SSSR count). The van der Waals surface area contributed by atoms with E-state index >= 15 is 0 Å². The number of fused-ring (bicyclic) bond motifs is 1. The van der Waals surface area contributed by atoms with E-state index in [1.54, 1.807) is 6.20 Å². The summed E-state index contributed by atoms with van der Waals surface area (Å²) in [6.07, 6.45) is 2.53. The van der Waals surface area contributed by atoms with Crippen LogP contribution in [0.3, 0.4) is 0 Å². The number of nitrogens with one attached hydrogen (secondary N) is 1. The van der Waals surface area contributed by atoms with Gasteiger partial charge in [-0.15, -0.1) is 0 Å². The molecule has 0 radical (unpaired) electrons. The van der Waals surface area contributed by atoms with E-state index in [0.29, 0.717) is 18.3 Å². The van der Waals surface area contributed by atoms with Gasteiger partial charge in [-0.1, -0.05) is 17.4 Å². The molecule has 128 valence electrons. The maximum atomic E-state index is 12.5. The summed E-state index contributed by atoms with van der Waals surface area (Å²) in [4.78, 5) is 17.8. The Morgan fingerprint density at radius 2 is 2.20 bits per heavy atom. The zero-order chi connectivity index (χ0) is 17.4. The number of nitrogens with zero attached hydrogens (tertiary/aromatic N) is 3. The van der Waals surface area contributed by atoms with Gasteiger partial charge in [0.05, 0.1) is 28.1 Å². The Morgan fingerprint density at radius 3 is 3.00 bits per heavy atom. The molecule has 2 aromatic heterocycles. The van der Waals surface area contributed by atoms with Gasteiger partial charge in [0, 0.05) is 18.2 Å². The summed E-state index contributed by atoms with van der Waals surface area (Å²) >= 11 is 1.46. The zero-order valence-electron chi connectivity index (χ0n) is 14.1. The highest BCUT2D eigenvalue weighted by Gasteiger charge is 2.37. The molecule has 0 aliphatic carbocycles. The number of rotatable bonds is 3. The third-order valence-electron chi connectivity index (χ3n) is 4.49. The van der Waals surface area contributed by atoms with Gasteiger partial charge >= 0.3 is 0 Å². The molecule has 1 atom stereocenters. The van der Waals surface area contributed by atoms with Crippen LogP contribution in [-0.2, 0) is 9.53 Å². The Labute approximate surface area is 149 Å². The molecule has 1 aromatic carbocycles. The number of benzene rings is 1. The number of amides is 1. The number of aryl methyl sites for hydroxylation is 1. The highest BCUT2D eigenvalue weighted by Crippen LogP contribution is 2.33. The normalized spacial score (nSPS) is 20.1. The van der Waals surface area contributed by atoms with Gasteiger partial charge in [0.2, 0.25) is 5.91 Å². The number of anilines is 1. The van der Waals surface area contributed by atoms with Crippen molar-refractivity contribution < 1.29 is 9.53 Å². The third-order valence-corrected chi connectivity index (χ3v) is 5.45. The lowest BCUT2D eigenvalue weighted by Gasteiger charge is -2.19. The molecule has 0 saturated carbocycles. The van der Waals surface area contributed by atoms with Crippen LogP contribution < -0.4 is 5.32 Å². The average Bonchev–Trinajstić information content (AvgIpc) is 3.24. The zero-order valence-corrected chi connectivity index (χ0v) is 14.9. The van der Waals surface area contributed by atoms with Crippen LogP contribution in [0.1, 0.15) is 19.0 Å². The van der Waals surface area contributed by atoms with Crippen LogP contribution in [0.25, 0.3) is 21.3 Å². The summed E-state index contributed by atoms with van der Waals surface area (Å²) in [6, 6.07) is 8.03. The summed E-state index contributed by atoms with van der Waals surface area (Å²) in [5, 5.41) is 12.8. The molecule has 7 heteroatoms. The monoisotopic (exact) mass is 354 g/mol. The van der Waals surface area contributed by atoms with Crippen molar-refractivity contribution in [3.8, 4) is 10.4 Å². The summed E-state index contributed by atoms with van der Waals surface area (Å²) in [7, 11) is 0. The number of hydrogen-bond donors (Lipinski definition) is 1. The van der Waals surface area contributed by atoms with Gasteiger partial charge in [-0.25, -0.2) is 4.98 Å². The van der Waals surface area contributed by atoms with Crippen LogP contribution in [-0.4, -0.2) is 34.3 Å². The number of thiazole rings is 1. The Balaban J connectivity index is 1.57. The number of ether oxygens (including phenoxy) is 1. The van der Waals surface area contributed by atoms with Crippen molar-refractivity contribution in [1.82, 2.24) is 15.2 Å². The maximum Gasteiger partial charge on any atom is 0.234 e. The molecule has 6 nitrogen and oxygen atoms in total. The van der Waals surface area contributed by atoms with Crippen molar-refractivity contribution >= 4 is 33.3 Å². The predicted octanol–water partition coefficient (Wildman–Crippen LogP) is 3.43. The quantitative estimate of drug-likeness (QED) is 0.780. The van der Waals surface area contributed by atoms with Crippen LogP contribution in [0.5, 0.6) is 0 Å². The lowest BCUT2D eigenvalue weighted by Crippen LogP contribution is -2.33. The first kappa shape index (κ1) is 16.1. The standard InChI is InChI=1S/C18H18N4O2S/c1-11-7-13-8-12(3-4-14(13)22-21-11)15-9-19-17(25-15)20-16(23)18(2)5-6-24-10-18/h3-4,7-9H,5-6,10H2,1-2H3,(H,19,20,23). The van der Waals surface area contributed by atoms with Gasteiger partial charge in [-0.3, -0.25) is 4.79 Å². The molecule has 1 N–H and O–H groups in total. The second kappa shape index (κ2) is 6.16. The number of hydrogen-bond acceptors (Lipinski definition) is 6. The van der Waals surface area contributed by atoms with E-state index in [1.807, 2.05) is 32.0 Å². The first-order valence-electron chi connectivity index (χ1n) is 8.13. The third kappa shape index (κ3) is 3.12. The van der Waals surface area contributed by atoms with Crippen LogP contribution in [0.15, 0.2) is 30.5 Å². The Bertz CT molecular complexity index is 947. The SMILES string of the molecule is Cc1cc2cc(-c3cnc(NC(=O)C4(C)CCOC4)s3)ccc2nn1. The van der Waals surface area contributed by atoms with Gasteiger partial charge in [0.1, 0.15) is 0 Å². The Kier molecular flexibility index (Phi) is 3.97. The minimum absolute atomic E-state index is 0.0321. The number of carbonyl (C=O) groups is 1. The Hall–Kier alpha value is -2.38. The van der Waals surface area contributed by atoms with Crippen molar-refractivity contribution in [1.29, 1.82) is 0 Å². The Morgan fingerprint density at radius 1 is 1.32 bits per heavy atom. The topological polar surface area (TPSA) is 77.0 Å². The van der Waals surface area contributed by atoms with Gasteiger partial charge in [0.15, 0.2) is 5.13 Å². The van der Waals surface area contributed by atoms with E-state index in [2.05, 4.69) is 26.6 Å². The minimum Gasteiger partial charge on any atom is -0.380 e. The molecule has 25 heavy (non-hydrogen) atoms. The summed E-state index contributed by atoms with van der Waals surface area (Å²) in [5.74, 6) is -0.0321.